The number of aliphatic imine (C=N–C) groups is 1. The second-order valence-corrected chi connectivity index (χ2v) is 6.70. The number of aliphatic hydroxyl groups is 1. The van der Waals surface area contributed by atoms with Crippen LogP contribution in [0.4, 0.5) is 14.5 Å². The maximum absolute atomic E-state index is 14.4. The molecule has 0 saturated carbocycles. The summed E-state index contributed by atoms with van der Waals surface area (Å²) in [6.45, 7) is 0.0561. The Bertz CT molecular complexity index is 827. The average molecular weight is 432 g/mol. The van der Waals surface area contributed by atoms with Gasteiger partial charge in [0.15, 0.2) is 0 Å². The molecule has 0 radical (unpaired) electrons. The number of rotatable bonds is 3. The fourth-order valence-corrected chi connectivity index (χ4v) is 3.26. The number of benzodiazepines with no additional fused rings is 1. The van der Waals surface area contributed by atoms with Crippen LogP contribution in [0.3, 0.4) is 0 Å². The van der Waals surface area contributed by atoms with Gasteiger partial charge in [0, 0.05) is 22.8 Å². The van der Waals surface area contributed by atoms with E-state index in [2.05, 4.69) is 26.2 Å². The highest BCUT2D eigenvalue weighted by Gasteiger charge is 2.30. The van der Waals surface area contributed by atoms with Crippen LogP contribution < -0.4 is 5.32 Å². The van der Waals surface area contributed by atoms with Crippen LogP contribution in [-0.2, 0) is 4.74 Å². The molecule has 0 aliphatic carbocycles. The first-order valence-corrected chi connectivity index (χ1v) is 8.55. The Labute approximate surface area is 156 Å². The van der Waals surface area contributed by atoms with Crippen molar-refractivity contribution in [1.82, 2.24) is 0 Å². The minimum absolute atomic E-state index is 0.0167. The zero-order valence-corrected chi connectivity index (χ0v) is 15.4. The number of anilines is 1. The Morgan fingerprint density at radius 1 is 1.24 bits per heavy atom. The summed E-state index contributed by atoms with van der Waals surface area (Å²) in [6.07, 6.45) is -1.11. The van der Waals surface area contributed by atoms with Crippen molar-refractivity contribution in [3.63, 3.8) is 0 Å². The van der Waals surface area contributed by atoms with Crippen LogP contribution >= 0.6 is 27.5 Å². The van der Waals surface area contributed by atoms with E-state index in [0.29, 0.717) is 15.7 Å². The number of halogens is 4. The van der Waals surface area contributed by atoms with E-state index in [0.717, 1.165) is 12.1 Å². The first-order valence-electron chi connectivity index (χ1n) is 7.38. The number of fused-ring (bicyclic) bond motifs is 1. The van der Waals surface area contributed by atoms with Crippen molar-refractivity contribution >= 4 is 38.9 Å². The van der Waals surface area contributed by atoms with Crippen LogP contribution in [0.25, 0.3) is 0 Å². The summed E-state index contributed by atoms with van der Waals surface area (Å²) in [5.41, 5.74) is 0.433. The van der Waals surface area contributed by atoms with Crippen molar-refractivity contribution < 1.29 is 18.6 Å². The highest BCUT2D eigenvalue weighted by molar-refractivity contribution is 9.10. The van der Waals surface area contributed by atoms with Crippen molar-refractivity contribution in [1.29, 1.82) is 0 Å². The molecule has 0 saturated heterocycles. The molecule has 2 aromatic rings. The van der Waals surface area contributed by atoms with E-state index >= 15 is 0 Å². The van der Waals surface area contributed by atoms with Crippen LogP contribution in [0.15, 0.2) is 39.8 Å². The molecule has 1 aliphatic heterocycles. The Hall–Kier alpha value is -1.54. The summed E-state index contributed by atoms with van der Waals surface area (Å²) in [5, 5.41) is 13.5. The molecule has 2 atom stereocenters. The normalized spacial score (nSPS) is 19.7. The molecular formula is C17H14BrClF2N2O2. The Morgan fingerprint density at radius 3 is 2.56 bits per heavy atom. The summed E-state index contributed by atoms with van der Waals surface area (Å²) < 4.78 is 34.4. The van der Waals surface area contributed by atoms with Crippen molar-refractivity contribution in [3.05, 3.63) is 62.6 Å². The predicted octanol–water partition coefficient (Wildman–Crippen LogP) is 3.98. The minimum Gasteiger partial charge on any atom is -0.382 e. The number of hydrogen-bond acceptors (Lipinski definition) is 4. The summed E-state index contributed by atoms with van der Waals surface area (Å²) >= 11 is 9.69. The van der Waals surface area contributed by atoms with Gasteiger partial charge in [-0.05, 0) is 40.2 Å². The number of nitrogens with zero attached hydrogens (tertiary/aromatic N) is 1. The molecule has 2 aromatic carbocycles. The van der Waals surface area contributed by atoms with E-state index in [4.69, 9.17) is 16.3 Å². The van der Waals surface area contributed by atoms with E-state index in [-0.39, 0.29) is 22.9 Å². The SMILES string of the molecule is COC[C@@H]1N=C(c2c(F)cccc2F)c2c(ccc(Br)c2Cl)NC1O. The number of nitrogens with one attached hydrogen (secondary N) is 1. The van der Waals surface area contributed by atoms with Gasteiger partial charge >= 0.3 is 0 Å². The number of methoxy groups -OCH3 is 1. The Balaban J connectivity index is 2.32. The van der Waals surface area contributed by atoms with Crippen molar-refractivity contribution in [3.8, 4) is 0 Å². The second kappa shape index (κ2) is 7.37. The number of aliphatic hydroxyl groups excluding tert-OH is 1. The molecule has 3 rings (SSSR count). The van der Waals surface area contributed by atoms with E-state index < -0.39 is 23.9 Å². The van der Waals surface area contributed by atoms with Gasteiger partial charge in [0.25, 0.3) is 0 Å². The predicted molar refractivity (Wildman–Crippen MR) is 96.4 cm³/mol. The zero-order valence-electron chi connectivity index (χ0n) is 13.1. The number of hydrogen-bond donors (Lipinski definition) is 2. The van der Waals surface area contributed by atoms with Gasteiger partial charge in [-0.2, -0.15) is 0 Å². The second-order valence-electron chi connectivity index (χ2n) is 5.47. The van der Waals surface area contributed by atoms with Gasteiger partial charge in [-0.25, -0.2) is 8.78 Å². The van der Waals surface area contributed by atoms with Crippen LogP contribution in [0.2, 0.25) is 5.02 Å². The molecule has 4 nitrogen and oxygen atoms in total. The third-order valence-electron chi connectivity index (χ3n) is 3.83. The van der Waals surface area contributed by atoms with E-state index in [1.807, 2.05) is 0 Å². The Kier molecular flexibility index (Phi) is 5.38. The molecule has 1 unspecified atom stereocenters. The molecular weight excluding hydrogens is 418 g/mol. The smallest absolute Gasteiger partial charge is 0.149 e. The van der Waals surface area contributed by atoms with Gasteiger partial charge in [-0.1, -0.05) is 17.7 Å². The lowest BCUT2D eigenvalue weighted by Gasteiger charge is -2.18. The number of benzene rings is 2. The lowest BCUT2D eigenvalue weighted by atomic mass is 9.99. The van der Waals surface area contributed by atoms with E-state index in [1.54, 1.807) is 12.1 Å². The van der Waals surface area contributed by atoms with Gasteiger partial charge < -0.3 is 15.2 Å². The molecule has 2 N–H and O–H groups in total. The molecule has 8 heteroatoms. The highest BCUT2D eigenvalue weighted by Crippen LogP contribution is 2.37. The van der Waals surface area contributed by atoms with Crippen molar-refractivity contribution in [2.45, 2.75) is 12.3 Å². The Morgan fingerprint density at radius 2 is 1.92 bits per heavy atom. The lowest BCUT2D eigenvalue weighted by Crippen LogP contribution is -2.34. The molecule has 1 heterocycles. The molecule has 0 spiro atoms. The molecule has 132 valence electrons. The average Bonchev–Trinajstić information content (AvgIpc) is 2.69. The zero-order chi connectivity index (χ0) is 18.1. The molecule has 0 aromatic heterocycles. The van der Waals surface area contributed by atoms with Crippen molar-refractivity contribution in [2.24, 2.45) is 4.99 Å². The molecule has 1 aliphatic rings. The van der Waals surface area contributed by atoms with Gasteiger partial charge in [-0.15, -0.1) is 0 Å². The van der Waals surface area contributed by atoms with E-state index in [1.165, 1.54) is 13.2 Å². The maximum Gasteiger partial charge on any atom is 0.149 e. The maximum atomic E-state index is 14.4. The van der Waals surface area contributed by atoms with Gasteiger partial charge in [0.2, 0.25) is 0 Å². The summed E-state index contributed by atoms with van der Waals surface area (Å²) in [4.78, 5) is 4.38. The lowest BCUT2D eigenvalue weighted by molar-refractivity contribution is 0.105. The van der Waals surface area contributed by atoms with Gasteiger partial charge in [-0.3, -0.25) is 4.99 Å². The summed E-state index contributed by atoms with van der Waals surface area (Å²) in [5.74, 6) is -1.54. The topological polar surface area (TPSA) is 53.8 Å². The number of ether oxygens (including phenoxy) is 1. The minimum atomic E-state index is -1.11. The monoisotopic (exact) mass is 430 g/mol. The highest BCUT2D eigenvalue weighted by atomic mass is 79.9. The summed E-state index contributed by atoms with van der Waals surface area (Å²) in [7, 11) is 1.45. The third kappa shape index (κ3) is 3.42. The van der Waals surface area contributed by atoms with Gasteiger partial charge in [0.05, 0.1) is 22.9 Å². The molecule has 0 amide bonds. The van der Waals surface area contributed by atoms with Crippen LogP contribution in [0.5, 0.6) is 0 Å². The largest absolute Gasteiger partial charge is 0.382 e. The molecule has 25 heavy (non-hydrogen) atoms. The first kappa shape index (κ1) is 18.3. The fraction of sp³-hybridized carbons (Fsp3) is 0.235. The van der Waals surface area contributed by atoms with E-state index in [9.17, 15) is 13.9 Å². The standard InChI is InChI=1S/C17H14BrClF2N2O2/c1-25-7-12-17(24)23-11-6-5-8(18)15(19)14(11)16(22-12)13-9(20)3-2-4-10(13)21/h2-6,12,17,23-24H,7H2,1H3/t12-,17?/m0/s1. The quantitative estimate of drug-likeness (QED) is 0.773. The van der Waals surface area contributed by atoms with Crippen LogP contribution in [0.1, 0.15) is 11.1 Å². The van der Waals surface area contributed by atoms with Crippen LogP contribution in [-0.4, -0.2) is 36.8 Å². The van der Waals surface area contributed by atoms with Crippen LogP contribution in [0, 0.1) is 11.6 Å². The third-order valence-corrected chi connectivity index (χ3v) is 5.11. The summed E-state index contributed by atoms with van der Waals surface area (Å²) in [6, 6.07) is 6.11. The van der Waals surface area contributed by atoms with Crippen molar-refractivity contribution in [2.75, 3.05) is 19.0 Å². The van der Waals surface area contributed by atoms with Gasteiger partial charge in [0.1, 0.15) is 23.9 Å². The fourth-order valence-electron chi connectivity index (χ4n) is 2.67. The molecule has 0 fully saturated rings. The first-order chi connectivity index (χ1) is 11.9. The molecule has 0 bridgehead atoms.